The second kappa shape index (κ2) is 14.7. The number of carboxylic acids is 1. The Labute approximate surface area is 178 Å². The molecule has 0 spiro atoms. The van der Waals surface area contributed by atoms with E-state index in [1.807, 2.05) is 20.8 Å². The van der Waals surface area contributed by atoms with E-state index in [1.54, 1.807) is 6.92 Å². The highest BCUT2D eigenvalue weighted by Crippen LogP contribution is 2.10. The standard InChI is InChI=1S/C20H39N5O5/c1-5-13(4)17(19(28)24-15(20(29)30)8-6-7-9-21)25-16(26)11-23-18(27)14(22)10-12(2)3/h12-15,17H,5-11,21-22H2,1-4H3,(H,23,27)(H,24,28)(H,25,26)(H,29,30). The summed E-state index contributed by atoms with van der Waals surface area (Å²) in [6.45, 7) is 7.65. The number of nitrogens with two attached hydrogens (primary N) is 2. The van der Waals surface area contributed by atoms with Crippen molar-refractivity contribution in [3.63, 3.8) is 0 Å². The molecule has 0 aromatic rings. The summed E-state index contributed by atoms with van der Waals surface area (Å²) >= 11 is 0. The second-order valence-corrected chi connectivity index (χ2v) is 8.07. The van der Waals surface area contributed by atoms with E-state index in [0.29, 0.717) is 32.2 Å². The summed E-state index contributed by atoms with van der Waals surface area (Å²) in [5.74, 6) is -2.68. The fraction of sp³-hybridized carbons (Fsp3) is 0.800. The predicted octanol–water partition coefficient (Wildman–Crippen LogP) is -0.295. The molecule has 0 bridgehead atoms. The van der Waals surface area contributed by atoms with Gasteiger partial charge in [-0.05, 0) is 44.1 Å². The summed E-state index contributed by atoms with van der Waals surface area (Å²) < 4.78 is 0. The zero-order chi connectivity index (χ0) is 23.3. The van der Waals surface area contributed by atoms with Gasteiger partial charge in [-0.1, -0.05) is 34.1 Å². The molecule has 0 aromatic carbocycles. The molecule has 0 saturated carbocycles. The van der Waals surface area contributed by atoms with Crippen LogP contribution in [0.4, 0.5) is 0 Å². The second-order valence-electron chi connectivity index (χ2n) is 8.07. The summed E-state index contributed by atoms with van der Waals surface area (Å²) in [6.07, 6.45) is 2.56. The first-order valence-electron chi connectivity index (χ1n) is 10.6. The Hall–Kier alpha value is -2.20. The van der Waals surface area contributed by atoms with Crippen LogP contribution >= 0.6 is 0 Å². The largest absolute Gasteiger partial charge is 0.480 e. The number of aliphatic carboxylic acids is 1. The van der Waals surface area contributed by atoms with Gasteiger partial charge in [0.05, 0.1) is 12.6 Å². The Morgan fingerprint density at radius 1 is 1.00 bits per heavy atom. The van der Waals surface area contributed by atoms with E-state index < -0.39 is 41.8 Å². The van der Waals surface area contributed by atoms with E-state index in [2.05, 4.69) is 16.0 Å². The van der Waals surface area contributed by atoms with Gasteiger partial charge in [0.1, 0.15) is 12.1 Å². The van der Waals surface area contributed by atoms with Crippen LogP contribution in [0.25, 0.3) is 0 Å². The van der Waals surface area contributed by atoms with Crippen molar-refractivity contribution in [1.29, 1.82) is 0 Å². The summed E-state index contributed by atoms with van der Waals surface area (Å²) in [4.78, 5) is 48.4. The molecule has 174 valence electrons. The van der Waals surface area contributed by atoms with E-state index >= 15 is 0 Å². The number of carbonyl (C=O) groups is 4. The number of hydrogen-bond acceptors (Lipinski definition) is 6. The Balaban J connectivity index is 4.89. The number of rotatable bonds is 15. The maximum Gasteiger partial charge on any atom is 0.326 e. The fourth-order valence-corrected chi connectivity index (χ4v) is 2.85. The quantitative estimate of drug-likeness (QED) is 0.194. The highest BCUT2D eigenvalue weighted by molar-refractivity contribution is 5.92. The first kappa shape index (κ1) is 27.8. The van der Waals surface area contributed by atoms with Crippen LogP contribution in [0, 0.1) is 11.8 Å². The number of carboxylic acid groups (broad SMARTS) is 1. The van der Waals surface area contributed by atoms with Crippen LogP contribution < -0.4 is 27.4 Å². The number of hydrogen-bond donors (Lipinski definition) is 6. The van der Waals surface area contributed by atoms with Crippen molar-refractivity contribution in [3.05, 3.63) is 0 Å². The highest BCUT2D eigenvalue weighted by atomic mass is 16.4. The first-order valence-corrected chi connectivity index (χ1v) is 10.6. The van der Waals surface area contributed by atoms with Gasteiger partial charge in [0.25, 0.3) is 0 Å². The summed E-state index contributed by atoms with van der Waals surface area (Å²) in [7, 11) is 0. The van der Waals surface area contributed by atoms with E-state index in [0.717, 1.165) is 0 Å². The minimum absolute atomic E-state index is 0.230. The van der Waals surface area contributed by atoms with Crippen molar-refractivity contribution in [3.8, 4) is 0 Å². The number of carbonyl (C=O) groups excluding carboxylic acids is 3. The van der Waals surface area contributed by atoms with E-state index in [9.17, 15) is 24.3 Å². The van der Waals surface area contributed by atoms with Gasteiger partial charge < -0.3 is 32.5 Å². The van der Waals surface area contributed by atoms with Crippen molar-refractivity contribution >= 4 is 23.7 Å². The Kier molecular flexibility index (Phi) is 13.7. The third-order valence-corrected chi connectivity index (χ3v) is 4.86. The van der Waals surface area contributed by atoms with Crippen molar-refractivity contribution in [2.45, 2.75) is 77.9 Å². The molecule has 0 aromatic heterocycles. The van der Waals surface area contributed by atoms with Crippen LogP contribution in [0.1, 0.15) is 59.8 Å². The third kappa shape index (κ3) is 11.1. The van der Waals surface area contributed by atoms with Gasteiger partial charge in [0.2, 0.25) is 17.7 Å². The Bertz CT molecular complexity index is 570. The van der Waals surface area contributed by atoms with Crippen LogP contribution in [-0.4, -0.2) is 60.0 Å². The maximum absolute atomic E-state index is 12.7. The van der Waals surface area contributed by atoms with Gasteiger partial charge in [0.15, 0.2) is 0 Å². The topological polar surface area (TPSA) is 177 Å². The van der Waals surface area contributed by atoms with Crippen molar-refractivity contribution in [1.82, 2.24) is 16.0 Å². The summed E-state index contributed by atoms with van der Waals surface area (Å²) in [6, 6.07) is -2.68. The average Bonchev–Trinajstić information content (AvgIpc) is 2.67. The number of unbranched alkanes of at least 4 members (excludes halogenated alkanes) is 1. The number of amides is 3. The van der Waals surface area contributed by atoms with E-state index in [-0.39, 0.29) is 24.8 Å². The molecule has 30 heavy (non-hydrogen) atoms. The maximum atomic E-state index is 12.7. The normalized spacial score (nSPS) is 15.0. The fourth-order valence-electron chi connectivity index (χ4n) is 2.85. The molecular formula is C20H39N5O5. The van der Waals surface area contributed by atoms with Gasteiger partial charge in [-0.15, -0.1) is 0 Å². The molecule has 3 amide bonds. The van der Waals surface area contributed by atoms with Crippen molar-refractivity contribution < 1.29 is 24.3 Å². The van der Waals surface area contributed by atoms with Crippen LogP contribution in [0.15, 0.2) is 0 Å². The van der Waals surface area contributed by atoms with Crippen LogP contribution in [0.5, 0.6) is 0 Å². The monoisotopic (exact) mass is 429 g/mol. The molecule has 0 aliphatic heterocycles. The molecule has 4 atom stereocenters. The lowest BCUT2D eigenvalue weighted by molar-refractivity contribution is -0.142. The minimum atomic E-state index is -1.14. The molecule has 0 aliphatic rings. The zero-order valence-electron chi connectivity index (χ0n) is 18.6. The molecular weight excluding hydrogens is 390 g/mol. The van der Waals surface area contributed by atoms with Gasteiger partial charge in [-0.25, -0.2) is 4.79 Å². The van der Waals surface area contributed by atoms with E-state index in [1.165, 1.54) is 0 Å². The van der Waals surface area contributed by atoms with Gasteiger partial charge in [-0.2, -0.15) is 0 Å². The lowest BCUT2D eigenvalue weighted by atomic mass is 9.97. The summed E-state index contributed by atoms with van der Waals surface area (Å²) in [5, 5.41) is 16.9. The number of nitrogens with one attached hydrogen (secondary N) is 3. The Morgan fingerprint density at radius 3 is 2.13 bits per heavy atom. The Morgan fingerprint density at radius 2 is 1.63 bits per heavy atom. The van der Waals surface area contributed by atoms with Crippen LogP contribution in [-0.2, 0) is 19.2 Å². The highest BCUT2D eigenvalue weighted by Gasteiger charge is 2.29. The van der Waals surface area contributed by atoms with Crippen LogP contribution in [0.3, 0.4) is 0 Å². The minimum Gasteiger partial charge on any atom is -0.480 e. The molecule has 0 saturated heterocycles. The molecule has 0 heterocycles. The van der Waals surface area contributed by atoms with Gasteiger partial charge in [-0.3, -0.25) is 14.4 Å². The molecule has 10 nitrogen and oxygen atoms in total. The van der Waals surface area contributed by atoms with Gasteiger partial charge >= 0.3 is 5.97 Å². The first-order chi connectivity index (χ1) is 14.0. The lowest BCUT2D eigenvalue weighted by Gasteiger charge is -2.25. The molecule has 4 unspecified atom stereocenters. The predicted molar refractivity (Wildman–Crippen MR) is 114 cm³/mol. The molecule has 0 aliphatic carbocycles. The van der Waals surface area contributed by atoms with Gasteiger partial charge in [0, 0.05) is 0 Å². The SMILES string of the molecule is CCC(C)C(NC(=O)CNC(=O)C(N)CC(C)C)C(=O)NC(CCCCN)C(=O)O. The molecule has 0 fully saturated rings. The van der Waals surface area contributed by atoms with Crippen molar-refractivity contribution in [2.75, 3.05) is 13.1 Å². The third-order valence-electron chi connectivity index (χ3n) is 4.86. The van der Waals surface area contributed by atoms with Crippen LogP contribution in [0.2, 0.25) is 0 Å². The van der Waals surface area contributed by atoms with Crippen molar-refractivity contribution in [2.24, 2.45) is 23.3 Å². The molecule has 0 rings (SSSR count). The molecule has 8 N–H and O–H groups in total. The van der Waals surface area contributed by atoms with E-state index in [4.69, 9.17) is 11.5 Å². The average molecular weight is 430 g/mol. The molecule has 0 radical (unpaired) electrons. The zero-order valence-corrected chi connectivity index (χ0v) is 18.6. The summed E-state index contributed by atoms with van der Waals surface area (Å²) in [5.41, 5.74) is 11.2. The molecule has 10 heteroatoms. The lowest BCUT2D eigenvalue weighted by Crippen LogP contribution is -2.55. The smallest absolute Gasteiger partial charge is 0.326 e.